The molecular formula is C49H49N5. The smallest absolute Gasteiger partial charge is 0.136 e. The number of para-hydroxylation sites is 2. The van der Waals surface area contributed by atoms with Crippen molar-refractivity contribution in [2.24, 2.45) is 9.98 Å². The molecular weight excluding hydrogens is 659 g/mol. The molecule has 0 saturated heterocycles. The number of anilines is 2. The second-order valence-corrected chi connectivity index (χ2v) is 16.6. The van der Waals surface area contributed by atoms with Gasteiger partial charge in [0, 0.05) is 33.6 Å². The van der Waals surface area contributed by atoms with Crippen LogP contribution in [0.1, 0.15) is 66.5 Å². The molecule has 0 bridgehead atoms. The number of pyridine rings is 1. The number of hydrogen-bond acceptors (Lipinski definition) is 5. The lowest BCUT2D eigenvalue weighted by molar-refractivity contribution is 0.338. The summed E-state index contributed by atoms with van der Waals surface area (Å²) in [6.07, 6.45) is 0. The Bertz CT molecular complexity index is 2210. The second-order valence-electron chi connectivity index (χ2n) is 16.6. The summed E-state index contributed by atoms with van der Waals surface area (Å²) in [4.78, 5) is 20.7. The summed E-state index contributed by atoms with van der Waals surface area (Å²) in [5.41, 5.74) is 9.73. The molecule has 2 aliphatic heterocycles. The van der Waals surface area contributed by atoms with Crippen LogP contribution in [0.5, 0.6) is 0 Å². The van der Waals surface area contributed by atoms with Gasteiger partial charge in [-0.05, 0) is 103 Å². The van der Waals surface area contributed by atoms with Gasteiger partial charge in [-0.1, -0.05) is 115 Å². The fourth-order valence-electron chi connectivity index (χ4n) is 7.62. The van der Waals surface area contributed by atoms with E-state index in [1.807, 2.05) is 0 Å². The number of hydrogen-bond donors (Lipinski definition) is 0. The SMILES string of the molecule is CC1(C)N=C(c2ccc(-c3cc(-c4ccccc4)cc(-c4ccc(C5=NC(C)(C)C(C)(C)N5c5ccccc5)cc4)n3)cc2)N(c2ccccc2)C1(C)C. The average molecular weight is 708 g/mol. The lowest BCUT2D eigenvalue weighted by Crippen LogP contribution is -2.53. The number of aromatic nitrogens is 1. The van der Waals surface area contributed by atoms with E-state index in [0.717, 1.165) is 67.8 Å². The molecule has 0 fully saturated rings. The van der Waals surface area contributed by atoms with Gasteiger partial charge < -0.3 is 9.80 Å². The summed E-state index contributed by atoms with van der Waals surface area (Å²) in [5.74, 6) is 1.97. The summed E-state index contributed by atoms with van der Waals surface area (Å²) in [6.45, 7) is 18.0. The summed E-state index contributed by atoms with van der Waals surface area (Å²) in [6, 6.07) is 53.6. The van der Waals surface area contributed by atoms with Gasteiger partial charge in [-0.2, -0.15) is 0 Å². The van der Waals surface area contributed by atoms with Crippen molar-refractivity contribution in [3.8, 4) is 33.6 Å². The van der Waals surface area contributed by atoms with E-state index in [-0.39, 0.29) is 22.2 Å². The lowest BCUT2D eigenvalue weighted by Gasteiger charge is -2.41. The van der Waals surface area contributed by atoms with E-state index in [4.69, 9.17) is 15.0 Å². The third kappa shape index (κ3) is 5.92. The fourth-order valence-corrected chi connectivity index (χ4v) is 7.62. The largest absolute Gasteiger partial charge is 0.318 e. The fraction of sp³-hybridized carbons (Fsp3) is 0.245. The molecule has 6 aromatic rings. The van der Waals surface area contributed by atoms with E-state index < -0.39 is 0 Å². The van der Waals surface area contributed by atoms with Crippen LogP contribution >= 0.6 is 0 Å². The molecule has 0 spiro atoms. The quantitative estimate of drug-likeness (QED) is 0.166. The van der Waals surface area contributed by atoms with Crippen LogP contribution in [-0.4, -0.2) is 38.8 Å². The first-order valence-corrected chi connectivity index (χ1v) is 19.0. The maximum absolute atomic E-state index is 5.30. The Hall–Kier alpha value is -5.81. The molecule has 0 atom stereocenters. The number of benzene rings is 5. The standard InChI is InChI=1S/C49H49N5/c1-46(2)48(5,6)53(40-20-14-10-15-21-40)44(51-46)37-28-24-35(25-29-37)42-32-39(34-18-12-9-13-19-34)33-43(50-42)36-26-30-38(31-27-36)45-52-47(3,4)49(7,8)54(45)41-22-16-11-17-23-41/h9-33H,1-8H3. The topological polar surface area (TPSA) is 44.1 Å². The number of amidine groups is 2. The van der Waals surface area contributed by atoms with Crippen LogP contribution in [-0.2, 0) is 0 Å². The predicted molar refractivity (Wildman–Crippen MR) is 228 cm³/mol. The van der Waals surface area contributed by atoms with Crippen molar-refractivity contribution in [2.45, 2.75) is 77.5 Å². The third-order valence-electron chi connectivity index (χ3n) is 12.1. The predicted octanol–water partition coefficient (Wildman–Crippen LogP) is 11.7. The van der Waals surface area contributed by atoms with Crippen molar-refractivity contribution in [1.82, 2.24) is 4.98 Å². The van der Waals surface area contributed by atoms with Gasteiger partial charge in [0.1, 0.15) is 11.7 Å². The third-order valence-corrected chi connectivity index (χ3v) is 12.1. The minimum Gasteiger partial charge on any atom is -0.318 e. The van der Waals surface area contributed by atoms with Crippen LogP contribution in [0.2, 0.25) is 0 Å². The highest BCUT2D eigenvalue weighted by molar-refractivity contribution is 6.14. The Morgan fingerprint density at radius 1 is 0.352 bits per heavy atom. The molecule has 0 amide bonds. The molecule has 270 valence electrons. The number of rotatable bonds is 7. The Balaban J connectivity index is 1.16. The Kier molecular flexibility index (Phi) is 8.45. The van der Waals surface area contributed by atoms with Gasteiger partial charge in [0.05, 0.1) is 33.5 Å². The van der Waals surface area contributed by atoms with E-state index in [1.165, 1.54) is 0 Å². The van der Waals surface area contributed by atoms with Gasteiger partial charge in [-0.3, -0.25) is 9.98 Å². The monoisotopic (exact) mass is 707 g/mol. The normalized spacial score (nSPS) is 18.0. The van der Waals surface area contributed by atoms with Gasteiger partial charge in [0.25, 0.3) is 0 Å². The highest BCUT2D eigenvalue weighted by Crippen LogP contribution is 2.44. The Morgan fingerprint density at radius 2 is 0.685 bits per heavy atom. The van der Waals surface area contributed by atoms with Crippen molar-refractivity contribution in [3.63, 3.8) is 0 Å². The van der Waals surface area contributed by atoms with Gasteiger partial charge in [0.2, 0.25) is 0 Å². The van der Waals surface area contributed by atoms with Crippen LogP contribution in [0.3, 0.4) is 0 Å². The molecule has 0 aliphatic carbocycles. The van der Waals surface area contributed by atoms with Gasteiger partial charge in [0.15, 0.2) is 0 Å². The molecule has 1 aromatic heterocycles. The number of nitrogens with zero attached hydrogens (tertiary/aromatic N) is 5. The second kappa shape index (κ2) is 12.9. The molecule has 0 radical (unpaired) electrons. The molecule has 8 rings (SSSR count). The first-order valence-electron chi connectivity index (χ1n) is 19.0. The van der Waals surface area contributed by atoms with E-state index >= 15 is 0 Å². The highest BCUT2D eigenvalue weighted by Gasteiger charge is 2.50. The number of aliphatic imine (C=N–C) groups is 2. The van der Waals surface area contributed by atoms with Crippen LogP contribution in [0.15, 0.2) is 162 Å². The molecule has 0 saturated carbocycles. The molecule has 0 unspecified atom stereocenters. The molecule has 5 nitrogen and oxygen atoms in total. The van der Waals surface area contributed by atoms with Crippen LogP contribution < -0.4 is 9.80 Å². The van der Waals surface area contributed by atoms with Crippen LogP contribution in [0.25, 0.3) is 33.6 Å². The molecule has 5 heteroatoms. The zero-order chi connectivity index (χ0) is 37.9. The maximum atomic E-state index is 5.30. The Morgan fingerprint density at radius 3 is 1.06 bits per heavy atom. The molecule has 2 aliphatic rings. The van der Waals surface area contributed by atoms with Crippen molar-refractivity contribution >= 4 is 23.0 Å². The minimum atomic E-state index is -0.274. The van der Waals surface area contributed by atoms with Crippen LogP contribution in [0.4, 0.5) is 11.4 Å². The highest BCUT2D eigenvalue weighted by atomic mass is 15.3. The first-order chi connectivity index (χ1) is 25.8. The van der Waals surface area contributed by atoms with E-state index in [9.17, 15) is 0 Å². The van der Waals surface area contributed by atoms with Gasteiger partial charge >= 0.3 is 0 Å². The summed E-state index contributed by atoms with van der Waals surface area (Å²) in [5, 5.41) is 0. The molecule has 5 aromatic carbocycles. The lowest BCUT2D eigenvalue weighted by atomic mass is 9.83. The summed E-state index contributed by atoms with van der Waals surface area (Å²) < 4.78 is 0. The van der Waals surface area contributed by atoms with Gasteiger partial charge in [-0.15, -0.1) is 0 Å². The first kappa shape index (κ1) is 35.2. The summed E-state index contributed by atoms with van der Waals surface area (Å²) >= 11 is 0. The van der Waals surface area contributed by atoms with Crippen LogP contribution in [0, 0.1) is 0 Å². The van der Waals surface area contributed by atoms with Crippen molar-refractivity contribution < 1.29 is 0 Å². The van der Waals surface area contributed by atoms with Crippen molar-refractivity contribution in [1.29, 1.82) is 0 Å². The maximum Gasteiger partial charge on any atom is 0.136 e. The van der Waals surface area contributed by atoms with Gasteiger partial charge in [-0.25, -0.2) is 4.98 Å². The van der Waals surface area contributed by atoms with E-state index in [1.54, 1.807) is 0 Å². The zero-order valence-corrected chi connectivity index (χ0v) is 32.7. The minimum absolute atomic E-state index is 0.213. The van der Waals surface area contributed by atoms with E-state index in [2.05, 4.69) is 217 Å². The Labute approximate surface area is 320 Å². The average Bonchev–Trinajstić information content (AvgIpc) is 3.50. The molecule has 0 N–H and O–H groups in total. The summed E-state index contributed by atoms with van der Waals surface area (Å²) in [7, 11) is 0. The molecule has 3 heterocycles. The zero-order valence-electron chi connectivity index (χ0n) is 32.7. The van der Waals surface area contributed by atoms with Crippen molar-refractivity contribution in [2.75, 3.05) is 9.80 Å². The van der Waals surface area contributed by atoms with E-state index in [0.29, 0.717) is 0 Å². The van der Waals surface area contributed by atoms with Crippen molar-refractivity contribution in [3.05, 3.63) is 163 Å². The molecule has 54 heavy (non-hydrogen) atoms.